The summed E-state index contributed by atoms with van der Waals surface area (Å²) in [6.07, 6.45) is 3.77. The average molecular weight is 236 g/mol. The van der Waals surface area contributed by atoms with Crippen LogP contribution in [0.1, 0.15) is 0 Å². The van der Waals surface area contributed by atoms with Crippen molar-refractivity contribution in [2.75, 3.05) is 12.5 Å². The minimum Gasteiger partial charge on any atom is -0.255 e. The molecule has 2 rings (SSSR count). The lowest BCUT2D eigenvalue weighted by molar-refractivity contribution is 0.687. The number of thioether (sulfide) groups is 1. The molecule has 0 aliphatic heterocycles. The first-order chi connectivity index (χ1) is 7.24. The second-order valence-corrected chi connectivity index (χ2v) is 5.46. The predicted octanol–water partition coefficient (Wildman–Crippen LogP) is 3.30. The second-order valence-electron chi connectivity index (χ2n) is 3.27. The molecule has 1 nitrogen and oxygen atoms in total. The number of rotatable bonds is 2. The van der Waals surface area contributed by atoms with Gasteiger partial charge in [-0.1, -0.05) is 24.3 Å². The van der Waals surface area contributed by atoms with Crippen molar-refractivity contribution in [3.05, 3.63) is 36.4 Å². The van der Waals surface area contributed by atoms with Crippen LogP contribution in [0.25, 0.3) is 10.8 Å². The van der Waals surface area contributed by atoms with Gasteiger partial charge in [0.1, 0.15) is 0 Å². The van der Waals surface area contributed by atoms with Crippen molar-refractivity contribution in [3.8, 4) is 0 Å². The van der Waals surface area contributed by atoms with Gasteiger partial charge < -0.3 is 0 Å². The van der Waals surface area contributed by atoms with Crippen LogP contribution in [-0.4, -0.2) is 16.7 Å². The fourth-order valence-corrected chi connectivity index (χ4v) is 3.18. The zero-order valence-corrected chi connectivity index (χ0v) is 10.3. The van der Waals surface area contributed by atoms with Gasteiger partial charge in [-0.3, -0.25) is 4.21 Å². The van der Waals surface area contributed by atoms with E-state index in [4.69, 9.17) is 0 Å². The Bertz CT molecular complexity index is 515. The molecule has 2 aromatic carbocycles. The van der Waals surface area contributed by atoms with Crippen LogP contribution in [0.2, 0.25) is 0 Å². The third-order valence-corrected chi connectivity index (χ3v) is 4.10. The standard InChI is InChI=1S/C12H12OS2/c1-14-10-7-3-5-9-6-4-8-11(12(9)10)15(2)13/h3-8H,1-2H3. The van der Waals surface area contributed by atoms with Gasteiger partial charge in [-0.15, -0.1) is 11.8 Å². The van der Waals surface area contributed by atoms with Crippen LogP contribution in [0.4, 0.5) is 0 Å². The smallest absolute Gasteiger partial charge is 0.0504 e. The van der Waals surface area contributed by atoms with Crippen LogP contribution < -0.4 is 0 Å². The largest absolute Gasteiger partial charge is 0.255 e. The quantitative estimate of drug-likeness (QED) is 0.744. The molecule has 0 saturated carbocycles. The maximum Gasteiger partial charge on any atom is 0.0504 e. The minimum atomic E-state index is -0.929. The summed E-state index contributed by atoms with van der Waals surface area (Å²) in [4.78, 5) is 2.12. The normalized spacial score (nSPS) is 12.9. The van der Waals surface area contributed by atoms with E-state index < -0.39 is 10.8 Å². The summed E-state index contributed by atoms with van der Waals surface area (Å²) in [5.74, 6) is 0. The Hall–Kier alpha value is -0.800. The zero-order chi connectivity index (χ0) is 10.8. The highest BCUT2D eigenvalue weighted by atomic mass is 32.2. The van der Waals surface area contributed by atoms with Crippen molar-refractivity contribution in [1.29, 1.82) is 0 Å². The van der Waals surface area contributed by atoms with Crippen molar-refractivity contribution >= 4 is 33.3 Å². The summed E-state index contributed by atoms with van der Waals surface area (Å²) >= 11 is 1.70. The van der Waals surface area contributed by atoms with Crippen LogP contribution in [0.3, 0.4) is 0 Å². The molecule has 0 heterocycles. The van der Waals surface area contributed by atoms with E-state index in [9.17, 15) is 4.21 Å². The Morgan fingerprint density at radius 1 is 1.13 bits per heavy atom. The SMILES string of the molecule is CSc1cccc2cccc(S(C)=O)c12. The van der Waals surface area contributed by atoms with Crippen LogP contribution in [0, 0.1) is 0 Å². The lowest BCUT2D eigenvalue weighted by Crippen LogP contribution is -1.90. The number of benzene rings is 2. The van der Waals surface area contributed by atoms with Crippen molar-refractivity contribution in [3.63, 3.8) is 0 Å². The second kappa shape index (κ2) is 4.37. The summed E-state index contributed by atoms with van der Waals surface area (Å²) in [6, 6.07) is 12.1. The molecule has 0 fully saturated rings. The topological polar surface area (TPSA) is 17.1 Å². The third-order valence-electron chi connectivity index (χ3n) is 2.36. The maximum absolute atomic E-state index is 11.6. The summed E-state index contributed by atoms with van der Waals surface area (Å²) in [7, 11) is -0.929. The number of hydrogen-bond acceptors (Lipinski definition) is 2. The molecule has 15 heavy (non-hydrogen) atoms. The Balaban J connectivity index is 2.87. The molecule has 78 valence electrons. The predicted molar refractivity (Wildman–Crippen MR) is 68.1 cm³/mol. The van der Waals surface area contributed by atoms with E-state index in [0.29, 0.717) is 0 Å². The van der Waals surface area contributed by atoms with E-state index in [2.05, 4.69) is 18.2 Å². The molecule has 0 aromatic heterocycles. The first-order valence-electron chi connectivity index (χ1n) is 4.63. The molecule has 2 aromatic rings. The minimum absolute atomic E-state index is 0.928. The fourth-order valence-electron chi connectivity index (χ4n) is 1.68. The van der Waals surface area contributed by atoms with Crippen LogP contribution in [0.5, 0.6) is 0 Å². The molecule has 1 unspecified atom stereocenters. The van der Waals surface area contributed by atoms with Crippen molar-refractivity contribution in [2.45, 2.75) is 9.79 Å². The Labute approximate surface area is 96.3 Å². The van der Waals surface area contributed by atoms with E-state index >= 15 is 0 Å². The van der Waals surface area contributed by atoms with Gasteiger partial charge in [0.15, 0.2) is 0 Å². The lowest BCUT2D eigenvalue weighted by Gasteiger charge is -2.07. The van der Waals surface area contributed by atoms with E-state index in [-0.39, 0.29) is 0 Å². The number of fused-ring (bicyclic) bond motifs is 1. The van der Waals surface area contributed by atoms with Crippen molar-refractivity contribution < 1.29 is 4.21 Å². The highest BCUT2D eigenvalue weighted by Gasteiger charge is 2.07. The highest BCUT2D eigenvalue weighted by Crippen LogP contribution is 2.30. The first-order valence-corrected chi connectivity index (χ1v) is 7.41. The van der Waals surface area contributed by atoms with Gasteiger partial charge in [0, 0.05) is 21.4 Å². The molecule has 1 atom stereocenters. The van der Waals surface area contributed by atoms with Gasteiger partial charge in [-0.05, 0) is 23.8 Å². The molecule has 0 aliphatic rings. The summed E-state index contributed by atoms with van der Waals surface area (Å²) in [5, 5.41) is 2.29. The van der Waals surface area contributed by atoms with Gasteiger partial charge in [0.25, 0.3) is 0 Å². The Kier molecular flexibility index (Phi) is 3.12. The molecule has 0 radical (unpaired) electrons. The highest BCUT2D eigenvalue weighted by molar-refractivity contribution is 7.98. The molecule has 0 saturated heterocycles. The number of hydrogen-bond donors (Lipinski definition) is 0. The van der Waals surface area contributed by atoms with Gasteiger partial charge in [-0.25, -0.2) is 0 Å². The lowest BCUT2D eigenvalue weighted by atomic mass is 10.1. The summed E-state index contributed by atoms with van der Waals surface area (Å²) in [6.45, 7) is 0. The van der Waals surface area contributed by atoms with E-state index in [0.717, 1.165) is 15.7 Å². The first kappa shape index (κ1) is 10.7. The maximum atomic E-state index is 11.6. The van der Waals surface area contributed by atoms with E-state index in [1.807, 2.05) is 24.5 Å². The Morgan fingerprint density at radius 3 is 2.40 bits per heavy atom. The van der Waals surface area contributed by atoms with Gasteiger partial charge in [0.2, 0.25) is 0 Å². The van der Waals surface area contributed by atoms with E-state index in [1.54, 1.807) is 18.0 Å². The van der Waals surface area contributed by atoms with Crippen LogP contribution in [0.15, 0.2) is 46.2 Å². The summed E-state index contributed by atoms with van der Waals surface area (Å²) in [5.41, 5.74) is 0. The molecular weight excluding hydrogens is 224 g/mol. The van der Waals surface area contributed by atoms with Crippen molar-refractivity contribution in [1.82, 2.24) is 0 Å². The monoisotopic (exact) mass is 236 g/mol. The molecule has 0 bridgehead atoms. The Morgan fingerprint density at radius 2 is 1.80 bits per heavy atom. The van der Waals surface area contributed by atoms with Crippen molar-refractivity contribution in [2.24, 2.45) is 0 Å². The molecular formula is C12H12OS2. The average Bonchev–Trinajstić information content (AvgIpc) is 2.27. The summed E-state index contributed by atoms with van der Waals surface area (Å²) < 4.78 is 11.6. The van der Waals surface area contributed by atoms with Crippen LogP contribution >= 0.6 is 11.8 Å². The third kappa shape index (κ3) is 1.94. The molecule has 0 spiro atoms. The van der Waals surface area contributed by atoms with Gasteiger partial charge in [-0.2, -0.15) is 0 Å². The van der Waals surface area contributed by atoms with Crippen LogP contribution in [-0.2, 0) is 10.8 Å². The van der Waals surface area contributed by atoms with Gasteiger partial charge in [0.05, 0.1) is 10.8 Å². The molecule has 0 N–H and O–H groups in total. The van der Waals surface area contributed by atoms with Gasteiger partial charge >= 0.3 is 0 Å². The van der Waals surface area contributed by atoms with E-state index in [1.165, 1.54) is 4.90 Å². The zero-order valence-electron chi connectivity index (χ0n) is 8.69. The molecule has 0 aliphatic carbocycles. The molecule has 3 heteroatoms. The fraction of sp³-hybridized carbons (Fsp3) is 0.167. The molecule has 0 amide bonds.